The maximum absolute atomic E-state index is 14.6. The van der Waals surface area contributed by atoms with Crippen LogP contribution in [0.1, 0.15) is 35.1 Å². The molecule has 212 valence electrons. The van der Waals surface area contributed by atoms with Crippen LogP contribution in [-0.4, -0.2) is 52.9 Å². The highest BCUT2D eigenvalue weighted by molar-refractivity contribution is 5.94. The molecule has 0 radical (unpaired) electrons. The number of piperidine rings is 1. The van der Waals surface area contributed by atoms with Gasteiger partial charge >= 0.3 is 18.2 Å². The van der Waals surface area contributed by atoms with Crippen LogP contribution in [0.15, 0.2) is 48.7 Å². The molecular weight excluding hydrogens is 530 g/mol. The minimum absolute atomic E-state index is 0.0662. The van der Waals surface area contributed by atoms with Gasteiger partial charge in [0.2, 0.25) is 0 Å². The second-order valence-corrected chi connectivity index (χ2v) is 10.0. The van der Waals surface area contributed by atoms with Gasteiger partial charge in [0.25, 0.3) is 0 Å². The Kier molecular flexibility index (Phi) is 7.43. The lowest BCUT2D eigenvalue weighted by molar-refractivity contribution is -0.141. The van der Waals surface area contributed by atoms with Gasteiger partial charge < -0.3 is 14.5 Å². The molecule has 1 saturated heterocycles. The normalized spacial score (nSPS) is 16.4. The average Bonchev–Trinajstić information content (AvgIpc) is 3.32. The number of carbonyl (C=O) groups is 2. The molecule has 0 bridgehead atoms. The van der Waals surface area contributed by atoms with E-state index in [1.54, 1.807) is 17.2 Å². The number of fused-ring (bicyclic) bond motifs is 1. The number of amides is 2. The first-order chi connectivity index (χ1) is 19.1. The standard InChI is InChI=1S/C28H29F4N5O3/c1-18-6-5-9-23(29)25(18)34-12-10-21(11-13-34)36-16-20-14-35(17-24(38)40-2)33-26(20)37(27(36)39)15-19-7-3-4-8-22(19)28(30,31)32/h3-9,14,21H,10-13,15-17H2,1-2H3. The lowest BCUT2D eigenvalue weighted by atomic mass is 10.00. The molecule has 0 atom stereocenters. The number of methoxy groups -OCH3 is 1. The molecule has 0 aliphatic carbocycles. The molecule has 2 amide bonds. The molecule has 5 rings (SSSR count). The summed E-state index contributed by atoms with van der Waals surface area (Å²) < 4.78 is 61.9. The van der Waals surface area contributed by atoms with Gasteiger partial charge in [-0.25, -0.2) is 9.18 Å². The number of halogens is 4. The number of para-hydroxylation sites is 1. The van der Waals surface area contributed by atoms with Crippen molar-refractivity contribution in [1.82, 2.24) is 14.7 Å². The summed E-state index contributed by atoms with van der Waals surface area (Å²) in [5, 5.41) is 4.37. The van der Waals surface area contributed by atoms with Gasteiger partial charge in [-0.1, -0.05) is 30.3 Å². The van der Waals surface area contributed by atoms with Gasteiger partial charge in [0.1, 0.15) is 12.4 Å². The Labute approximate surface area is 228 Å². The molecule has 0 N–H and O–H groups in total. The molecule has 2 aliphatic rings. The first-order valence-corrected chi connectivity index (χ1v) is 12.9. The molecule has 12 heteroatoms. The molecule has 0 unspecified atom stereocenters. The number of rotatable bonds is 6. The summed E-state index contributed by atoms with van der Waals surface area (Å²) >= 11 is 0. The molecule has 3 heterocycles. The highest BCUT2D eigenvalue weighted by Gasteiger charge is 2.40. The van der Waals surface area contributed by atoms with Gasteiger partial charge in [0.15, 0.2) is 5.82 Å². The van der Waals surface area contributed by atoms with E-state index in [9.17, 15) is 27.2 Å². The maximum Gasteiger partial charge on any atom is 0.416 e. The Morgan fingerprint density at radius 2 is 1.82 bits per heavy atom. The number of benzene rings is 2. The second kappa shape index (κ2) is 10.8. The number of nitrogens with zero attached hydrogens (tertiary/aromatic N) is 5. The summed E-state index contributed by atoms with van der Waals surface area (Å²) in [4.78, 5) is 30.6. The van der Waals surface area contributed by atoms with E-state index in [0.29, 0.717) is 37.2 Å². The summed E-state index contributed by atoms with van der Waals surface area (Å²) in [5.74, 6) is -0.640. The minimum Gasteiger partial charge on any atom is -0.468 e. The number of ether oxygens (including phenoxy) is 1. The van der Waals surface area contributed by atoms with Gasteiger partial charge in [-0.2, -0.15) is 18.3 Å². The topological polar surface area (TPSA) is 70.9 Å². The molecular formula is C28H29F4N5O3. The highest BCUT2D eigenvalue weighted by atomic mass is 19.4. The molecule has 0 spiro atoms. The predicted molar refractivity (Wildman–Crippen MR) is 139 cm³/mol. The Hall–Kier alpha value is -4.09. The van der Waals surface area contributed by atoms with Crippen molar-refractivity contribution in [2.24, 2.45) is 0 Å². The number of aryl methyl sites for hydroxylation is 1. The van der Waals surface area contributed by atoms with E-state index in [0.717, 1.165) is 11.6 Å². The lowest BCUT2D eigenvalue weighted by Crippen LogP contribution is -2.54. The molecule has 1 aromatic heterocycles. The van der Waals surface area contributed by atoms with E-state index in [1.165, 1.54) is 41.0 Å². The van der Waals surface area contributed by atoms with Crippen LogP contribution in [0, 0.1) is 12.7 Å². The van der Waals surface area contributed by atoms with Crippen molar-refractivity contribution in [3.8, 4) is 0 Å². The first kappa shape index (κ1) is 27.5. The van der Waals surface area contributed by atoms with Crippen LogP contribution >= 0.6 is 0 Å². The van der Waals surface area contributed by atoms with Crippen LogP contribution < -0.4 is 9.80 Å². The fraction of sp³-hybridized carbons (Fsp3) is 0.393. The van der Waals surface area contributed by atoms with E-state index in [1.807, 2.05) is 17.9 Å². The van der Waals surface area contributed by atoms with Gasteiger partial charge in [-0.3, -0.25) is 14.4 Å². The number of esters is 1. The Bertz CT molecular complexity index is 1390. The highest BCUT2D eigenvalue weighted by Crippen LogP contribution is 2.37. The number of aromatic nitrogens is 2. The van der Waals surface area contributed by atoms with Crippen LogP contribution in [0.25, 0.3) is 0 Å². The zero-order valence-electron chi connectivity index (χ0n) is 22.1. The third-order valence-electron chi connectivity index (χ3n) is 7.47. The summed E-state index contributed by atoms with van der Waals surface area (Å²) in [7, 11) is 1.24. The second-order valence-electron chi connectivity index (χ2n) is 10.0. The smallest absolute Gasteiger partial charge is 0.416 e. The molecule has 2 aromatic carbocycles. The van der Waals surface area contributed by atoms with Crippen LogP contribution in [0.2, 0.25) is 0 Å². The van der Waals surface area contributed by atoms with Gasteiger partial charge in [-0.05, 0) is 43.0 Å². The fourth-order valence-corrected chi connectivity index (χ4v) is 5.52. The summed E-state index contributed by atoms with van der Waals surface area (Å²) in [6.07, 6.45) is -1.87. The predicted octanol–water partition coefficient (Wildman–Crippen LogP) is 5.13. The van der Waals surface area contributed by atoms with Crippen molar-refractivity contribution in [2.75, 3.05) is 30.0 Å². The fourth-order valence-electron chi connectivity index (χ4n) is 5.52. The zero-order valence-corrected chi connectivity index (χ0v) is 22.1. The minimum atomic E-state index is -4.60. The van der Waals surface area contributed by atoms with Crippen molar-refractivity contribution >= 4 is 23.5 Å². The number of alkyl halides is 3. The molecule has 8 nitrogen and oxygen atoms in total. The maximum atomic E-state index is 14.6. The quantitative estimate of drug-likeness (QED) is 0.309. The van der Waals surface area contributed by atoms with Crippen molar-refractivity contribution in [3.63, 3.8) is 0 Å². The molecule has 3 aromatic rings. The molecule has 1 fully saturated rings. The van der Waals surface area contributed by atoms with Crippen LogP contribution in [-0.2, 0) is 35.3 Å². The summed E-state index contributed by atoms with van der Waals surface area (Å²) in [6, 6.07) is 9.38. The van der Waals surface area contributed by atoms with E-state index in [2.05, 4.69) is 5.10 Å². The van der Waals surface area contributed by atoms with E-state index >= 15 is 0 Å². The van der Waals surface area contributed by atoms with Crippen molar-refractivity contribution in [3.05, 3.63) is 76.7 Å². The molecule has 0 saturated carbocycles. The lowest BCUT2D eigenvalue weighted by Gasteiger charge is -2.43. The number of hydrogen-bond acceptors (Lipinski definition) is 5. The Morgan fingerprint density at radius 1 is 1.10 bits per heavy atom. The van der Waals surface area contributed by atoms with Gasteiger partial charge in [0, 0.05) is 30.9 Å². The van der Waals surface area contributed by atoms with Crippen LogP contribution in [0.5, 0.6) is 0 Å². The Morgan fingerprint density at radius 3 is 2.50 bits per heavy atom. The van der Waals surface area contributed by atoms with Gasteiger partial charge in [0.05, 0.1) is 31.5 Å². The first-order valence-electron chi connectivity index (χ1n) is 12.9. The number of urea groups is 1. The molecule has 40 heavy (non-hydrogen) atoms. The SMILES string of the molecule is COC(=O)Cn1cc2c(n1)N(Cc1ccccc1C(F)(F)F)C(=O)N(C1CCN(c3c(C)cccc3F)CC1)C2. The third-order valence-corrected chi connectivity index (χ3v) is 7.47. The number of anilines is 2. The van der Waals surface area contributed by atoms with E-state index in [4.69, 9.17) is 4.74 Å². The van der Waals surface area contributed by atoms with E-state index in [-0.39, 0.29) is 42.9 Å². The van der Waals surface area contributed by atoms with Crippen molar-refractivity contribution in [2.45, 2.75) is 51.6 Å². The number of carbonyl (C=O) groups excluding carboxylic acids is 2. The van der Waals surface area contributed by atoms with Crippen LogP contribution in [0.3, 0.4) is 0 Å². The average molecular weight is 560 g/mol. The van der Waals surface area contributed by atoms with Gasteiger partial charge in [-0.15, -0.1) is 0 Å². The summed E-state index contributed by atoms with van der Waals surface area (Å²) in [6.45, 7) is 2.52. The van der Waals surface area contributed by atoms with Crippen molar-refractivity contribution in [1.29, 1.82) is 0 Å². The zero-order chi connectivity index (χ0) is 28.6. The van der Waals surface area contributed by atoms with Crippen LogP contribution in [0.4, 0.5) is 33.9 Å². The number of hydrogen-bond donors (Lipinski definition) is 0. The monoisotopic (exact) mass is 559 g/mol. The van der Waals surface area contributed by atoms with E-state index < -0.39 is 23.7 Å². The van der Waals surface area contributed by atoms with Crippen molar-refractivity contribution < 1.29 is 31.9 Å². The Balaban J connectivity index is 1.43. The molecule has 2 aliphatic heterocycles. The third kappa shape index (κ3) is 5.34. The largest absolute Gasteiger partial charge is 0.468 e. The summed E-state index contributed by atoms with van der Waals surface area (Å²) in [5.41, 5.74) is 1.08.